The normalized spacial score (nSPS) is 16.2. The highest BCUT2D eigenvalue weighted by Gasteiger charge is 2.29. The molecule has 1 fully saturated rings. The number of rotatable bonds is 9. The summed E-state index contributed by atoms with van der Waals surface area (Å²) in [6.07, 6.45) is 0. The van der Waals surface area contributed by atoms with Gasteiger partial charge in [0.1, 0.15) is 0 Å². The molecule has 1 aliphatic heterocycles. The molecule has 0 radical (unpaired) electrons. The van der Waals surface area contributed by atoms with Gasteiger partial charge >= 0.3 is 0 Å². The number of carbonyl (C=O) groups excluding carboxylic acids is 1. The third-order valence-electron chi connectivity index (χ3n) is 4.89. The van der Waals surface area contributed by atoms with Crippen LogP contribution in [-0.2, 0) is 14.8 Å². The molecule has 0 spiro atoms. The van der Waals surface area contributed by atoms with Crippen molar-refractivity contribution in [1.29, 1.82) is 0 Å². The van der Waals surface area contributed by atoms with Crippen LogP contribution in [0.25, 0.3) is 0 Å². The number of hydrogen-bond acceptors (Lipinski definition) is 5. The van der Waals surface area contributed by atoms with Crippen molar-refractivity contribution in [3.05, 3.63) is 18.2 Å². The predicted molar refractivity (Wildman–Crippen MR) is 105 cm³/mol. The molecule has 0 saturated carbocycles. The summed E-state index contributed by atoms with van der Waals surface area (Å²) in [6, 6.07) is 4.85. The Labute approximate surface area is 156 Å². The van der Waals surface area contributed by atoms with E-state index in [1.54, 1.807) is 18.2 Å². The zero-order valence-corrected chi connectivity index (χ0v) is 16.8. The molecule has 1 amide bonds. The molecule has 7 nitrogen and oxygen atoms in total. The summed E-state index contributed by atoms with van der Waals surface area (Å²) in [4.78, 5) is 12.8. The molecule has 26 heavy (non-hydrogen) atoms. The van der Waals surface area contributed by atoms with E-state index in [4.69, 9.17) is 0 Å². The maximum Gasteiger partial charge on any atom is 0.243 e. The van der Waals surface area contributed by atoms with Crippen molar-refractivity contribution >= 4 is 27.3 Å². The van der Waals surface area contributed by atoms with Crippen molar-refractivity contribution < 1.29 is 13.2 Å². The van der Waals surface area contributed by atoms with Crippen LogP contribution in [0.5, 0.6) is 0 Å². The zero-order valence-electron chi connectivity index (χ0n) is 16.0. The van der Waals surface area contributed by atoms with E-state index in [0.29, 0.717) is 31.2 Å². The van der Waals surface area contributed by atoms with Gasteiger partial charge in [-0.05, 0) is 44.1 Å². The van der Waals surface area contributed by atoms with Crippen LogP contribution in [0.1, 0.15) is 27.7 Å². The fourth-order valence-corrected chi connectivity index (χ4v) is 4.45. The standard InChI is InChI=1S/C18H30N4O3S/c1-5-20-16-9-8-15(26(24,25)22(6-2)7-3)10-17(16)21-18(23)13(4)14-11-19-12-14/h8-10,13-14,19-20H,5-7,11-12H2,1-4H3,(H,21,23). The first-order valence-electron chi connectivity index (χ1n) is 9.24. The average Bonchev–Trinajstić information content (AvgIpc) is 2.55. The number of amides is 1. The molecule has 1 saturated heterocycles. The van der Waals surface area contributed by atoms with E-state index < -0.39 is 10.0 Å². The van der Waals surface area contributed by atoms with Gasteiger partial charge in [-0.3, -0.25) is 4.79 Å². The molecule has 1 aromatic carbocycles. The molecular formula is C18H30N4O3S. The summed E-state index contributed by atoms with van der Waals surface area (Å²) in [5.41, 5.74) is 1.22. The van der Waals surface area contributed by atoms with Crippen LogP contribution < -0.4 is 16.0 Å². The SMILES string of the molecule is CCNc1ccc(S(=O)(=O)N(CC)CC)cc1NC(=O)C(C)C1CNC1. The molecule has 8 heteroatoms. The van der Waals surface area contributed by atoms with E-state index in [2.05, 4.69) is 16.0 Å². The van der Waals surface area contributed by atoms with Crippen molar-refractivity contribution in [3.8, 4) is 0 Å². The predicted octanol–water partition coefficient (Wildman–Crippen LogP) is 1.94. The van der Waals surface area contributed by atoms with Crippen LogP contribution in [-0.4, -0.2) is 51.4 Å². The van der Waals surface area contributed by atoms with Crippen molar-refractivity contribution in [3.63, 3.8) is 0 Å². The summed E-state index contributed by atoms with van der Waals surface area (Å²) in [7, 11) is -3.58. The Morgan fingerprint density at radius 3 is 2.38 bits per heavy atom. The van der Waals surface area contributed by atoms with E-state index >= 15 is 0 Å². The van der Waals surface area contributed by atoms with Gasteiger partial charge in [-0.1, -0.05) is 20.8 Å². The van der Waals surface area contributed by atoms with E-state index in [-0.39, 0.29) is 16.7 Å². The van der Waals surface area contributed by atoms with E-state index in [1.165, 1.54) is 4.31 Å². The highest BCUT2D eigenvalue weighted by Crippen LogP contribution is 2.28. The third-order valence-corrected chi connectivity index (χ3v) is 6.94. The van der Waals surface area contributed by atoms with Gasteiger partial charge in [0.15, 0.2) is 0 Å². The topological polar surface area (TPSA) is 90.5 Å². The van der Waals surface area contributed by atoms with Gasteiger partial charge in [-0.25, -0.2) is 8.42 Å². The molecule has 0 aromatic heterocycles. The molecule has 146 valence electrons. The molecule has 3 N–H and O–H groups in total. The summed E-state index contributed by atoms with van der Waals surface area (Å²) in [6.45, 7) is 10.6. The van der Waals surface area contributed by atoms with Gasteiger partial charge < -0.3 is 16.0 Å². The van der Waals surface area contributed by atoms with Gasteiger partial charge in [0.25, 0.3) is 0 Å². The number of sulfonamides is 1. The number of nitrogens with one attached hydrogen (secondary N) is 3. The highest BCUT2D eigenvalue weighted by molar-refractivity contribution is 7.89. The van der Waals surface area contributed by atoms with E-state index in [0.717, 1.165) is 18.8 Å². The lowest BCUT2D eigenvalue weighted by molar-refractivity contribution is -0.121. The van der Waals surface area contributed by atoms with Gasteiger partial charge in [-0.15, -0.1) is 0 Å². The van der Waals surface area contributed by atoms with Crippen LogP contribution in [0, 0.1) is 11.8 Å². The van der Waals surface area contributed by atoms with Crippen LogP contribution in [0.15, 0.2) is 23.1 Å². The quantitative estimate of drug-likeness (QED) is 0.607. The molecular weight excluding hydrogens is 352 g/mol. The minimum atomic E-state index is -3.58. The van der Waals surface area contributed by atoms with Crippen LogP contribution >= 0.6 is 0 Å². The smallest absolute Gasteiger partial charge is 0.243 e. The number of benzene rings is 1. The zero-order chi connectivity index (χ0) is 19.3. The summed E-state index contributed by atoms with van der Waals surface area (Å²) in [5.74, 6) is 0.0991. The molecule has 0 bridgehead atoms. The average molecular weight is 383 g/mol. The molecule has 1 atom stereocenters. The highest BCUT2D eigenvalue weighted by atomic mass is 32.2. The van der Waals surface area contributed by atoms with Gasteiger partial charge in [-0.2, -0.15) is 4.31 Å². The molecule has 1 heterocycles. The Kier molecular flexibility index (Phi) is 7.02. The number of nitrogens with zero attached hydrogens (tertiary/aromatic N) is 1. The molecule has 0 aliphatic carbocycles. The molecule has 2 rings (SSSR count). The van der Waals surface area contributed by atoms with Crippen molar-refractivity contribution in [2.45, 2.75) is 32.6 Å². The Balaban J connectivity index is 2.31. The molecule has 1 aliphatic rings. The second kappa shape index (κ2) is 8.83. The second-order valence-electron chi connectivity index (χ2n) is 6.52. The number of carbonyl (C=O) groups is 1. The molecule has 1 aromatic rings. The van der Waals surface area contributed by atoms with Gasteiger partial charge in [0.2, 0.25) is 15.9 Å². The van der Waals surface area contributed by atoms with Gasteiger partial charge in [0, 0.05) is 25.6 Å². The maximum atomic E-state index is 12.8. The minimum absolute atomic E-state index is 0.0898. The first-order chi connectivity index (χ1) is 12.3. The van der Waals surface area contributed by atoms with Crippen LogP contribution in [0.3, 0.4) is 0 Å². The first-order valence-corrected chi connectivity index (χ1v) is 10.7. The first kappa shape index (κ1) is 20.7. The Bertz CT molecular complexity index is 728. The second-order valence-corrected chi connectivity index (χ2v) is 8.46. The van der Waals surface area contributed by atoms with E-state index in [1.807, 2.05) is 27.7 Å². The minimum Gasteiger partial charge on any atom is -0.384 e. The lowest BCUT2D eigenvalue weighted by Gasteiger charge is -2.32. The maximum absolute atomic E-state index is 12.8. The third kappa shape index (κ3) is 4.36. The number of anilines is 2. The Morgan fingerprint density at radius 2 is 1.88 bits per heavy atom. The van der Waals surface area contributed by atoms with Crippen LogP contribution in [0.2, 0.25) is 0 Å². The van der Waals surface area contributed by atoms with E-state index in [9.17, 15) is 13.2 Å². The Morgan fingerprint density at radius 1 is 1.23 bits per heavy atom. The fraction of sp³-hybridized carbons (Fsp3) is 0.611. The Hall–Kier alpha value is -1.64. The van der Waals surface area contributed by atoms with Crippen molar-refractivity contribution in [1.82, 2.24) is 9.62 Å². The summed E-state index contributed by atoms with van der Waals surface area (Å²) < 4.78 is 27.0. The van der Waals surface area contributed by atoms with Gasteiger partial charge in [0.05, 0.1) is 16.3 Å². The summed E-state index contributed by atoms with van der Waals surface area (Å²) >= 11 is 0. The van der Waals surface area contributed by atoms with Crippen LogP contribution in [0.4, 0.5) is 11.4 Å². The lowest BCUT2D eigenvalue weighted by atomic mass is 9.88. The fourth-order valence-electron chi connectivity index (χ4n) is 2.97. The molecule has 1 unspecified atom stereocenters. The largest absolute Gasteiger partial charge is 0.384 e. The van der Waals surface area contributed by atoms with Crippen molar-refractivity contribution in [2.24, 2.45) is 11.8 Å². The summed E-state index contributed by atoms with van der Waals surface area (Å²) in [5, 5.41) is 9.27. The number of hydrogen-bond donors (Lipinski definition) is 3. The van der Waals surface area contributed by atoms with Crippen molar-refractivity contribution in [2.75, 3.05) is 43.4 Å². The monoisotopic (exact) mass is 382 g/mol. The lowest BCUT2D eigenvalue weighted by Crippen LogP contribution is -2.48.